The minimum atomic E-state index is -0.319. The smallest absolute Gasteiger partial charge is 0.268 e. The van der Waals surface area contributed by atoms with Crippen LogP contribution in [0.4, 0.5) is 5.82 Å². The van der Waals surface area contributed by atoms with Crippen LogP contribution >= 0.6 is 0 Å². The number of carbonyl (C=O) groups is 1. The summed E-state index contributed by atoms with van der Waals surface area (Å²) in [6.45, 7) is 8.34. The van der Waals surface area contributed by atoms with Gasteiger partial charge in [-0.2, -0.15) is 0 Å². The van der Waals surface area contributed by atoms with Crippen LogP contribution in [0, 0.1) is 6.92 Å². The molecule has 4 heterocycles. The molecule has 1 amide bonds. The van der Waals surface area contributed by atoms with Gasteiger partial charge in [-0.05, 0) is 56.2 Å². The number of nitrogens with one attached hydrogen (secondary N) is 2. The number of H-pyrrole nitrogens is 1. The number of hydrogen-bond donors (Lipinski definition) is 2. The molecule has 194 valence electrons. The fourth-order valence-electron chi connectivity index (χ4n) is 4.25. The van der Waals surface area contributed by atoms with Gasteiger partial charge in [-0.1, -0.05) is 13.8 Å². The number of amides is 1. The van der Waals surface area contributed by atoms with E-state index in [0.29, 0.717) is 29.3 Å². The van der Waals surface area contributed by atoms with Crippen molar-refractivity contribution in [2.45, 2.75) is 46.6 Å². The zero-order valence-corrected chi connectivity index (χ0v) is 22.3. The highest BCUT2D eigenvalue weighted by atomic mass is 16.5. The third kappa shape index (κ3) is 5.35. The van der Waals surface area contributed by atoms with Gasteiger partial charge < -0.3 is 19.9 Å². The number of pyridine rings is 3. The molecule has 0 aliphatic carbocycles. The molecule has 0 spiro atoms. The number of aryl methyl sites for hydroxylation is 1. The summed E-state index contributed by atoms with van der Waals surface area (Å²) in [4.78, 5) is 40.0. The van der Waals surface area contributed by atoms with Gasteiger partial charge in [0.1, 0.15) is 23.6 Å². The van der Waals surface area contributed by atoms with Crippen molar-refractivity contribution in [1.29, 1.82) is 0 Å². The van der Waals surface area contributed by atoms with Gasteiger partial charge in [-0.3, -0.25) is 14.0 Å². The van der Waals surface area contributed by atoms with Crippen LogP contribution in [0.1, 0.15) is 60.5 Å². The SMILES string of the molecule is CCOc1cc(C)[nH]c(=O)c1CNC(=O)c1cc(-c2ccc(N(C)C)nc2)cc2c(C(C)CC)ncn12. The summed E-state index contributed by atoms with van der Waals surface area (Å²) < 4.78 is 7.47. The molecule has 2 N–H and O–H groups in total. The number of fused-ring (bicyclic) bond motifs is 1. The summed E-state index contributed by atoms with van der Waals surface area (Å²) in [5.74, 6) is 1.23. The second-order valence-electron chi connectivity index (χ2n) is 9.36. The zero-order chi connectivity index (χ0) is 26.7. The lowest BCUT2D eigenvalue weighted by Gasteiger charge is -2.14. The summed E-state index contributed by atoms with van der Waals surface area (Å²) >= 11 is 0. The van der Waals surface area contributed by atoms with Crippen LogP contribution in [0.15, 0.2) is 47.7 Å². The van der Waals surface area contributed by atoms with Crippen molar-refractivity contribution in [1.82, 2.24) is 24.7 Å². The highest BCUT2D eigenvalue weighted by molar-refractivity contribution is 5.95. The molecular formula is C28H34N6O3. The molecule has 0 fully saturated rings. The molecule has 4 rings (SSSR count). The minimum Gasteiger partial charge on any atom is -0.493 e. The Balaban J connectivity index is 1.75. The summed E-state index contributed by atoms with van der Waals surface area (Å²) in [7, 11) is 3.88. The van der Waals surface area contributed by atoms with Crippen molar-refractivity contribution < 1.29 is 9.53 Å². The van der Waals surface area contributed by atoms with E-state index in [9.17, 15) is 9.59 Å². The van der Waals surface area contributed by atoms with E-state index in [2.05, 4.69) is 40.2 Å². The first kappa shape index (κ1) is 25.9. The van der Waals surface area contributed by atoms with Crippen LogP contribution in [0.5, 0.6) is 5.75 Å². The first-order valence-corrected chi connectivity index (χ1v) is 12.5. The number of hydrogen-bond acceptors (Lipinski definition) is 6. The van der Waals surface area contributed by atoms with Gasteiger partial charge in [-0.15, -0.1) is 0 Å². The molecule has 0 aliphatic rings. The maximum absolute atomic E-state index is 13.5. The largest absolute Gasteiger partial charge is 0.493 e. The lowest BCUT2D eigenvalue weighted by molar-refractivity contribution is 0.0944. The molecule has 1 unspecified atom stereocenters. The summed E-state index contributed by atoms with van der Waals surface area (Å²) in [6, 6.07) is 9.60. The van der Waals surface area contributed by atoms with E-state index >= 15 is 0 Å². The van der Waals surface area contributed by atoms with Gasteiger partial charge in [0.05, 0.1) is 29.9 Å². The van der Waals surface area contributed by atoms with E-state index in [1.54, 1.807) is 19.3 Å². The van der Waals surface area contributed by atoms with Crippen LogP contribution in [-0.4, -0.2) is 46.0 Å². The molecule has 0 radical (unpaired) electrons. The standard InChI is InChI=1S/C28H34N6O3/c1-7-17(3)26-22-12-20(19-9-10-25(29-14-19)33(5)6)13-23(34(22)16-31-26)28(36)30-15-21-24(37-8-2)11-18(4)32-27(21)35/h9-14,16-17H,7-8,15H2,1-6H3,(H,30,36)(H,32,35). The van der Waals surface area contributed by atoms with Crippen molar-refractivity contribution in [2.24, 2.45) is 0 Å². The summed E-state index contributed by atoms with van der Waals surface area (Å²) in [5.41, 5.74) is 4.78. The van der Waals surface area contributed by atoms with Crippen LogP contribution in [-0.2, 0) is 6.54 Å². The number of rotatable bonds is 9. The minimum absolute atomic E-state index is 0.0293. The molecule has 0 saturated carbocycles. The van der Waals surface area contributed by atoms with Crippen molar-refractivity contribution in [3.8, 4) is 16.9 Å². The Morgan fingerprint density at radius 1 is 1.16 bits per heavy atom. The fraction of sp³-hybridized carbons (Fsp3) is 0.357. The Morgan fingerprint density at radius 3 is 2.59 bits per heavy atom. The number of anilines is 1. The highest BCUT2D eigenvalue weighted by Crippen LogP contribution is 2.29. The molecule has 0 aliphatic heterocycles. The molecular weight excluding hydrogens is 468 g/mol. The topological polar surface area (TPSA) is 105 Å². The van der Waals surface area contributed by atoms with Crippen LogP contribution in [0.3, 0.4) is 0 Å². The normalized spacial score (nSPS) is 11.9. The van der Waals surface area contributed by atoms with Crippen molar-refractivity contribution in [3.05, 3.63) is 75.9 Å². The second kappa shape index (κ2) is 10.9. The maximum Gasteiger partial charge on any atom is 0.268 e. The number of nitrogens with zero attached hydrogens (tertiary/aromatic N) is 4. The molecule has 4 aromatic heterocycles. The summed E-state index contributed by atoms with van der Waals surface area (Å²) in [6.07, 6.45) is 4.42. The monoisotopic (exact) mass is 502 g/mol. The zero-order valence-electron chi connectivity index (χ0n) is 22.3. The number of ether oxygens (including phenoxy) is 1. The molecule has 0 aromatic carbocycles. The Bertz CT molecular complexity index is 1470. The quantitative estimate of drug-likeness (QED) is 0.354. The van der Waals surface area contributed by atoms with E-state index in [-0.39, 0.29) is 23.9 Å². The summed E-state index contributed by atoms with van der Waals surface area (Å²) in [5, 5.41) is 2.91. The predicted octanol–water partition coefficient (Wildman–Crippen LogP) is 4.30. The number of imidazole rings is 1. The van der Waals surface area contributed by atoms with E-state index in [1.807, 2.05) is 54.7 Å². The molecule has 4 aromatic rings. The lowest BCUT2D eigenvalue weighted by atomic mass is 10.0. The first-order valence-electron chi connectivity index (χ1n) is 12.5. The third-order valence-corrected chi connectivity index (χ3v) is 6.48. The Labute approximate surface area is 216 Å². The third-order valence-electron chi connectivity index (χ3n) is 6.48. The number of aromatic amines is 1. The Hall–Kier alpha value is -4.14. The van der Waals surface area contributed by atoms with Gasteiger partial charge in [0.25, 0.3) is 11.5 Å². The van der Waals surface area contributed by atoms with Gasteiger partial charge in [0.2, 0.25) is 0 Å². The van der Waals surface area contributed by atoms with E-state index in [0.717, 1.165) is 34.6 Å². The number of carbonyl (C=O) groups excluding carboxylic acids is 1. The Kier molecular flexibility index (Phi) is 7.61. The number of aromatic nitrogens is 4. The van der Waals surface area contributed by atoms with Gasteiger partial charge >= 0.3 is 0 Å². The van der Waals surface area contributed by atoms with Gasteiger partial charge in [0.15, 0.2) is 0 Å². The Morgan fingerprint density at radius 2 is 1.95 bits per heavy atom. The average Bonchev–Trinajstić information content (AvgIpc) is 3.31. The first-order chi connectivity index (χ1) is 17.7. The molecule has 0 bridgehead atoms. The lowest BCUT2D eigenvalue weighted by Crippen LogP contribution is -2.29. The molecule has 0 saturated heterocycles. The molecule has 1 atom stereocenters. The van der Waals surface area contributed by atoms with Crippen molar-refractivity contribution in [2.75, 3.05) is 25.6 Å². The van der Waals surface area contributed by atoms with Crippen molar-refractivity contribution in [3.63, 3.8) is 0 Å². The van der Waals surface area contributed by atoms with Gasteiger partial charge in [-0.25, -0.2) is 9.97 Å². The van der Waals surface area contributed by atoms with E-state index in [4.69, 9.17) is 4.74 Å². The fourth-order valence-corrected chi connectivity index (χ4v) is 4.25. The van der Waals surface area contributed by atoms with E-state index < -0.39 is 0 Å². The molecule has 9 heteroatoms. The maximum atomic E-state index is 13.5. The van der Waals surface area contributed by atoms with Gasteiger partial charge in [0, 0.05) is 37.5 Å². The van der Waals surface area contributed by atoms with Crippen LogP contribution in [0.2, 0.25) is 0 Å². The van der Waals surface area contributed by atoms with Crippen molar-refractivity contribution >= 4 is 17.2 Å². The average molecular weight is 503 g/mol. The van der Waals surface area contributed by atoms with Crippen LogP contribution < -0.4 is 20.5 Å². The predicted molar refractivity (Wildman–Crippen MR) is 146 cm³/mol. The molecule has 9 nitrogen and oxygen atoms in total. The molecule has 37 heavy (non-hydrogen) atoms. The van der Waals surface area contributed by atoms with Crippen LogP contribution in [0.25, 0.3) is 16.6 Å². The second-order valence-corrected chi connectivity index (χ2v) is 9.36. The van der Waals surface area contributed by atoms with E-state index in [1.165, 1.54) is 0 Å². The highest BCUT2D eigenvalue weighted by Gasteiger charge is 2.19.